The van der Waals surface area contributed by atoms with E-state index in [9.17, 15) is 9.90 Å². The maximum Gasteiger partial charge on any atom is 0.219 e. The minimum atomic E-state index is -0.426. The number of carbonyl (C=O) groups excluding carboxylic acids is 1. The van der Waals surface area contributed by atoms with Crippen molar-refractivity contribution in [2.45, 2.75) is 38.5 Å². The summed E-state index contributed by atoms with van der Waals surface area (Å²) in [5.74, 6) is 1.59. The van der Waals surface area contributed by atoms with Crippen LogP contribution in [0.25, 0.3) is 21.9 Å². The predicted octanol–water partition coefficient (Wildman–Crippen LogP) is 2.91. The van der Waals surface area contributed by atoms with Gasteiger partial charge in [0, 0.05) is 39.1 Å². The van der Waals surface area contributed by atoms with Gasteiger partial charge in [-0.05, 0) is 29.9 Å². The number of methoxy groups -OCH3 is 1. The maximum atomic E-state index is 12.3. The van der Waals surface area contributed by atoms with Crippen LogP contribution in [-0.2, 0) is 16.1 Å². The smallest absolute Gasteiger partial charge is 0.219 e. The van der Waals surface area contributed by atoms with Gasteiger partial charge < -0.3 is 29.4 Å². The molecular formula is C27H32N6O4. The molecule has 194 valence electrons. The molecule has 1 aliphatic heterocycles. The molecule has 2 N–H and O–H groups in total. The molecular weight excluding hydrogens is 472 g/mol. The number of anilines is 1. The first-order chi connectivity index (χ1) is 18.1. The van der Waals surface area contributed by atoms with E-state index in [4.69, 9.17) is 9.47 Å². The molecule has 4 aromatic rings. The highest BCUT2D eigenvalue weighted by Gasteiger charge is 2.28. The van der Waals surface area contributed by atoms with Crippen LogP contribution in [0.1, 0.15) is 25.3 Å². The number of carbonyl (C=O) groups is 1. The zero-order valence-corrected chi connectivity index (χ0v) is 21.1. The minimum absolute atomic E-state index is 0.0719. The molecule has 0 aliphatic carbocycles. The first-order valence-corrected chi connectivity index (χ1v) is 12.5. The number of aliphatic hydroxyl groups is 1. The summed E-state index contributed by atoms with van der Waals surface area (Å²) in [7, 11) is 1.54. The number of hydrogen-bond donors (Lipinski definition) is 2. The number of aromatic amines is 1. The first kappa shape index (κ1) is 24.9. The van der Waals surface area contributed by atoms with Gasteiger partial charge in [0.2, 0.25) is 5.91 Å². The van der Waals surface area contributed by atoms with Gasteiger partial charge in [-0.1, -0.05) is 30.3 Å². The summed E-state index contributed by atoms with van der Waals surface area (Å²) in [5.41, 5.74) is 2.51. The fourth-order valence-electron chi connectivity index (χ4n) is 5.00. The third-order valence-corrected chi connectivity index (χ3v) is 7.03. The normalized spacial score (nSPS) is 16.4. The van der Waals surface area contributed by atoms with Crippen LogP contribution in [-0.4, -0.2) is 81.4 Å². The topological polar surface area (TPSA) is 117 Å². The van der Waals surface area contributed by atoms with Gasteiger partial charge in [0.1, 0.15) is 24.2 Å². The molecule has 37 heavy (non-hydrogen) atoms. The summed E-state index contributed by atoms with van der Waals surface area (Å²) < 4.78 is 11.7. The summed E-state index contributed by atoms with van der Waals surface area (Å²) in [6.45, 7) is 3.54. The standard InChI is InChI=1S/C27H32N6O4/c1-18(35)32(13-21(14-34)36-2)12-19-9-10-24(23-8-4-3-7-22(19)23)37-15-20-6-5-11-33(20)27-25-26(29-16-28-25)30-17-31-27/h3-4,7-10,16-17,20-21,34H,5-6,11-15H2,1-2H3,(H,28,29,30,31)/t20-,21?/m1/s1. The molecule has 0 bridgehead atoms. The van der Waals surface area contributed by atoms with Crippen LogP contribution in [0.3, 0.4) is 0 Å². The molecule has 0 spiro atoms. The van der Waals surface area contributed by atoms with Gasteiger partial charge in [-0.3, -0.25) is 4.79 Å². The summed E-state index contributed by atoms with van der Waals surface area (Å²) in [6, 6.07) is 12.2. The second-order valence-corrected chi connectivity index (χ2v) is 9.31. The minimum Gasteiger partial charge on any atom is -0.491 e. The molecule has 1 fully saturated rings. The highest BCUT2D eigenvalue weighted by molar-refractivity contribution is 5.91. The number of benzene rings is 2. The van der Waals surface area contributed by atoms with Gasteiger partial charge in [-0.2, -0.15) is 0 Å². The Bertz CT molecular complexity index is 1370. The molecule has 0 radical (unpaired) electrons. The zero-order chi connectivity index (χ0) is 25.8. The van der Waals surface area contributed by atoms with E-state index >= 15 is 0 Å². The Kier molecular flexibility index (Phi) is 7.47. The van der Waals surface area contributed by atoms with Crippen molar-refractivity contribution in [2.75, 3.05) is 38.3 Å². The largest absolute Gasteiger partial charge is 0.491 e. The molecule has 1 amide bonds. The number of aliphatic hydroxyl groups excluding tert-OH is 1. The Labute approximate surface area is 215 Å². The zero-order valence-electron chi connectivity index (χ0n) is 21.1. The number of nitrogens with zero attached hydrogens (tertiary/aromatic N) is 5. The number of fused-ring (bicyclic) bond motifs is 2. The predicted molar refractivity (Wildman–Crippen MR) is 140 cm³/mol. The van der Waals surface area contributed by atoms with Crippen molar-refractivity contribution in [3.05, 3.63) is 54.6 Å². The third-order valence-electron chi connectivity index (χ3n) is 7.03. The lowest BCUT2D eigenvalue weighted by Gasteiger charge is -2.27. The van der Waals surface area contributed by atoms with E-state index < -0.39 is 6.10 Å². The van der Waals surface area contributed by atoms with E-state index in [0.717, 1.165) is 52.8 Å². The fourth-order valence-corrected chi connectivity index (χ4v) is 5.00. The van der Waals surface area contributed by atoms with Crippen molar-refractivity contribution < 1.29 is 19.4 Å². The van der Waals surface area contributed by atoms with E-state index in [1.54, 1.807) is 17.6 Å². The molecule has 10 heteroatoms. The molecule has 3 heterocycles. The quantitative estimate of drug-likeness (QED) is 0.339. The second-order valence-electron chi connectivity index (χ2n) is 9.31. The van der Waals surface area contributed by atoms with Crippen molar-refractivity contribution in [1.82, 2.24) is 24.8 Å². The summed E-state index contributed by atoms with van der Waals surface area (Å²) in [4.78, 5) is 32.5. The first-order valence-electron chi connectivity index (χ1n) is 12.5. The van der Waals surface area contributed by atoms with E-state index in [1.807, 2.05) is 36.4 Å². The lowest BCUT2D eigenvalue weighted by atomic mass is 10.0. The van der Waals surface area contributed by atoms with Gasteiger partial charge >= 0.3 is 0 Å². The number of imidazole rings is 1. The second kappa shape index (κ2) is 11.1. The Morgan fingerprint density at radius 3 is 2.84 bits per heavy atom. The van der Waals surface area contributed by atoms with Gasteiger partial charge in [0.05, 0.1) is 25.1 Å². The SMILES string of the molecule is COC(CO)CN(Cc1ccc(OC[C@H]2CCCN2c2ncnc3nc[nH]c23)c2ccccc12)C(C)=O. The molecule has 1 aliphatic rings. The van der Waals surface area contributed by atoms with E-state index in [0.29, 0.717) is 25.3 Å². The van der Waals surface area contributed by atoms with E-state index in [1.165, 1.54) is 14.0 Å². The van der Waals surface area contributed by atoms with Crippen LogP contribution >= 0.6 is 0 Å². The van der Waals surface area contributed by atoms with Gasteiger partial charge in [0.15, 0.2) is 11.5 Å². The third kappa shape index (κ3) is 5.21. The van der Waals surface area contributed by atoms with Crippen molar-refractivity contribution in [2.24, 2.45) is 0 Å². The fraction of sp³-hybridized carbons (Fsp3) is 0.407. The number of rotatable bonds is 10. The summed E-state index contributed by atoms with van der Waals surface area (Å²) >= 11 is 0. The number of nitrogens with one attached hydrogen (secondary N) is 1. The maximum absolute atomic E-state index is 12.3. The van der Waals surface area contributed by atoms with Crippen LogP contribution < -0.4 is 9.64 Å². The number of hydrogen-bond acceptors (Lipinski definition) is 8. The Balaban J connectivity index is 1.35. The van der Waals surface area contributed by atoms with Crippen LogP contribution in [0.2, 0.25) is 0 Å². The molecule has 1 saturated heterocycles. The van der Waals surface area contributed by atoms with Crippen LogP contribution in [0.4, 0.5) is 5.82 Å². The average molecular weight is 505 g/mol. The molecule has 2 aromatic heterocycles. The summed E-state index contributed by atoms with van der Waals surface area (Å²) in [6.07, 6.45) is 4.84. The van der Waals surface area contributed by atoms with E-state index in [2.05, 4.69) is 24.8 Å². The molecule has 0 saturated carbocycles. The van der Waals surface area contributed by atoms with Gasteiger partial charge in [-0.15, -0.1) is 0 Å². The van der Waals surface area contributed by atoms with Crippen molar-refractivity contribution in [1.29, 1.82) is 0 Å². The highest BCUT2D eigenvalue weighted by atomic mass is 16.5. The highest BCUT2D eigenvalue weighted by Crippen LogP contribution is 2.32. The number of ether oxygens (including phenoxy) is 2. The van der Waals surface area contributed by atoms with E-state index in [-0.39, 0.29) is 18.6 Å². The number of amides is 1. The van der Waals surface area contributed by atoms with Crippen LogP contribution in [0.5, 0.6) is 5.75 Å². The lowest BCUT2D eigenvalue weighted by Crippen LogP contribution is -2.38. The molecule has 5 rings (SSSR count). The van der Waals surface area contributed by atoms with Gasteiger partial charge in [-0.25, -0.2) is 15.0 Å². The Morgan fingerprint density at radius 1 is 1.22 bits per heavy atom. The Hall–Kier alpha value is -3.76. The average Bonchev–Trinajstić information content (AvgIpc) is 3.60. The Morgan fingerprint density at radius 2 is 2.05 bits per heavy atom. The van der Waals surface area contributed by atoms with Crippen molar-refractivity contribution in [3.63, 3.8) is 0 Å². The summed E-state index contributed by atoms with van der Waals surface area (Å²) in [5, 5.41) is 11.5. The molecule has 2 atom stereocenters. The monoisotopic (exact) mass is 504 g/mol. The lowest BCUT2D eigenvalue weighted by molar-refractivity contribution is -0.131. The number of aromatic nitrogens is 4. The van der Waals surface area contributed by atoms with Crippen molar-refractivity contribution in [3.8, 4) is 5.75 Å². The number of H-pyrrole nitrogens is 1. The van der Waals surface area contributed by atoms with Crippen molar-refractivity contribution >= 4 is 33.7 Å². The van der Waals surface area contributed by atoms with Gasteiger partial charge in [0.25, 0.3) is 0 Å². The molecule has 10 nitrogen and oxygen atoms in total. The molecule has 2 aromatic carbocycles. The van der Waals surface area contributed by atoms with Crippen LogP contribution in [0, 0.1) is 0 Å². The van der Waals surface area contributed by atoms with Crippen LogP contribution in [0.15, 0.2) is 49.1 Å². The molecule has 1 unspecified atom stereocenters.